The van der Waals surface area contributed by atoms with E-state index < -0.39 is 11.7 Å². The van der Waals surface area contributed by atoms with Gasteiger partial charge < -0.3 is 20.1 Å². The van der Waals surface area contributed by atoms with E-state index >= 15 is 0 Å². The average Bonchev–Trinajstić information content (AvgIpc) is 2.33. The first-order valence-corrected chi connectivity index (χ1v) is 6.28. The third kappa shape index (κ3) is 6.55. The van der Waals surface area contributed by atoms with E-state index in [1.807, 2.05) is 52.1 Å². The van der Waals surface area contributed by atoms with Crippen molar-refractivity contribution in [3.05, 3.63) is 24.3 Å². The molecule has 1 rings (SSSR count). The van der Waals surface area contributed by atoms with Crippen LogP contribution >= 0.6 is 0 Å². The fraction of sp³-hybridized carbons (Fsp3) is 0.500. The Morgan fingerprint density at radius 1 is 1.21 bits per heavy atom. The average molecular weight is 266 g/mol. The lowest BCUT2D eigenvalue weighted by molar-refractivity contribution is 0.0520. The van der Waals surface area contributed by atoms with Crippen LogP contribution in [0.25, 0.3) is 0 Å². The first-order chi connectivity index (χ1) is 8.90. The maximum atomic E-state index is 11.4. The second-order valence-corrected chi connectivity index (χ2v) is 5.05. The van der Waals surface area contributed by atoms with Gasteiger partial charge in [-0.15, -0.1) is 0 Å². The summed E-state index contributed by atoms with van der Waals surface area (Å²) in [5.74, 6) is 0.769. The zero-order valence-corrected chi connectivity index (χ0v) is 11.9. The molecule has 106 valence electrons. The van der Waals surface area contributed by atoms with Crippen LogP contribution in [0.3, 0.4) is 0 Å². The fourth-order valence-electron chi connectivity index (χ4n) is 1.35. The minimum Gasteiger partial charge on any atom is -0.492 e. The molecule has 0 radical (unpaired) electrons. The van der Waals surface area contributed by atoms with Crippen molar-refractivity contribution in [1.82, 2.24) is 5.32 Å². The van der Waals surface area contributed by atoms with E-state index in [0.717, 1.165) is 11.4 Å². The van der Waals surface area contributed by atoms with Crippen molar-refractivity contribution < 1.29 is 14.3 Å². The normalized spacial score (nSPS) is 10.7. The second-order valence-electron chi connectivity index (χ2n) is 5.05. The lowest BCUT2D eigenvalue weighted by atomic mass is 10.2. The van der Waals surface area contributed by atoms with Crippen molar-refractivity contribution in [2.24, 2.45) is 0 Å². The highest BCUT2D eigenvalue weighted by Gasteiger charge is 2.15. The SMILES string of the molecule is CNc1ccc(OCCNC(=O)OC(C)(C)C)cc1. The Hall–Kier alpha value is -1.91. The summed E-state index contributed by atoms with van der Waals surface area (Å²) in [6.45, 7) is 6.28. The van der Waals surface area contributed by atoms with E-state index in [2.05, 4.69) is 10.6 Å². The molecule has 2 N–H and O–H groups in total. The summed E-state index contributed by atoms with van der Waals surface area (Å²) >= 11 is 0. The summed E-state index contributed by atoms with van der Waals surface area (Å²) in [5, 5.41) is 5.66. The standard InChI is InChI=1S/C14H22N2O3/c1-14(2,3)19-13(17)16-9-10-18-12-7-5-11(15-4)6-8-12/h5-8,15H,9-10H2,1-4H3,(H,16,17). The number of ether oxygens (including phenoxy) is 2. The number of carbonyl (C=O) groups excluding carboxylic acids is 1. The third-order valence-corrected chi connectivity index (χ3v) is 2.18. The number of benzene rings is 1. The molecule has 5 heteroatoms. The molecule has 0 aliphatic heterocycles. The predicted octanol–water partition coefficient (Wildman–Crippen LogP) is 2.63. The zero-order valence-electron chi connectivity index (χ0n) is 11.9. The van der Waals surface area contributed by atoms with Crippen LogP contribution in [0.4, 0.5) is 10.5 Å². The number of hydrogen-bond donors (Lipinski definition) is 2. The van der Waals surface area contributed by atoms with Crippen molar-refractivity contribution in [3.8, 4) is 5.75 Å². The van der Waals surface area contributed by atoms with Crippen LogP contribution in [0.2, 0.25) is 0 Å². The highest BCUT2D eigenvalue weighted by molar-refractivity contribution is 5.67. The van der Waals surface area contributed by atoms with Gasteiger partial charge >= 0.3 is 6.09 Å². The minimum absolute atomic E-state index is 0.401. The monoisotopic (exact) mass is 266 g/mol. The number of hydrogen-bond acceptors (Lipinski definition) is 4. The quantitative estimate of drug-likeness (QED) is 0.804. The molecule has 0 aliphatic rings. The summed E-state index contributed by atoms with van der Waals surface area (Å²) in [4.78, 5) is 11.4. The van der Waals surface area contributed by atoms with Crippen LogP contribution in [-0.4, -0.2) is 31.9 Å². The van der Waals surface area contributed by atoms with Gasteiger partial charge in [0.05, 0.1) is 6.54 Å². The highest BCUT2D eigenvalue weighted by Crippen LogP contribution is 2.14. The molecule has 0 unspecified atom stereocenters. The lowest BCUT2D eigenvalue weighted by Crippen LogP contribution is -2.34. The van der Waals surface area contributed by atoms with Gasteiger partial charge in [-0.05, 0) is 45.0 Å². The Morgan fingerprint density at radius 3 is 2.37 bits per heavy atom. The molecule has 0 aliphatic carbocycles. The van der Waals surface area contributed by atoms with E-state index in [0.29, 0.717) is 13.2 Å². The lowest BCUT2D eigenvalue weighted by Gasteiger charge is -2.19. The number of alkyl carbamates (subject to hydrolysis) is 1. The van der Waals surface area contributed by atoms with Crippen LogP contribution in [0, 0.1) is 0 Å². The topological polar surface area (TPSA) is 59.6 Å². The Bertz CT molecular complexity index is 396. The van der Waals surface area contributed by atoms with E-state index in [9.17, 15) is 4.79 Å². The van der Waals surface area contributed by atoms with Crippen LogP contribution in [0.15, 0.2) is 24.3 Å². The maximum absolute atomic E-state index is 11.4. The Labute approximate surface area is 114 Å². The molecule has 0 atom stereocenters. The molecule has 0 saturated carbocycles. The van der Waals surface area contributed by atoms with Gasteiger partial charge in [0.15, 0.2) is 0 Å². The molecule has 0 fully saturated rings. The van der Waals surface area contributed by atoms with E-state index in [-0.39, 0.29) is 0 Å². The molecule has 5 nitrogen and oxygen atoms in total. The third-order valence-electron chi connectivity index (χ3n) is 2.18. The van der Waals surface area contributed by atoms with Gasteiger partial charge in [0.1, 0.15) is 18.0 Å². The van der Waals surface area contributed by atoms with E-state index in [1.54, 1.807) is 0 Å². The largest absolute Gasteiger partial charge is 0.492 e. The smallest absolute Gasteiger partial charge is 0.407 e. The summed E-state index contributed by atoms with van der Waals surface area (Å²) in [7, 11) is 1.86. The van der Waals surface area contributed by atoms with Gasteiger partial charge in [0.2, 0.25) is 0 Å². The zero-order chi connectivity index (χ0) is 14.3. The number of nitrogens with one attached hydrogen (secondary N) is 2. The van der Waals surface area contributed by atoms with Gasteiger partial charge in [-0.3, -0.25) is 0 Å². The number of anilines is 1. The van der Waals surface area contributed by atoms with Crippen LogP contribution in [0.5, 0.6) is 5.75 Å². The predicted molar refractivity (Wildman–Crippen MR) is 75.7 cm³/mol. The summed E-state index contributed by atoms with van der Waals surface area (Å²) in [5.41, 5.74) is 0.549. The van der Waals surface area contributed by atoms with Crippen molar-refractivity contribution in [1.29, 1.82) is 0 Å². The molecule has 0 heterocycles. The number of amides is 1. The van der Waals surface area contributed by atoms with E-state index in [4.69, 9.17) is 9.47 Å². The Kier molecular flexibility index (Phi) is 5.48. The molecule has 1 aromatic rings. The van der Waals surface area contributed by atoms with Crippen LogP contribution in [0.1, 0.15) is 20.8 Å². The fourth-order valence-corrected chi connectivity index (χ4v) is 1.35. The molecule has 19 heavy (non-hydrogen) atoms. The van der Waals surface area contributed by atoms with Crippen molar-refractivity contribution in [2.75, 3.05) is 25.5 Å². The molecule has 0 spiro atoms. The Morgan fingerprint density at radius 2 is 1.84 bits per heavy atom. The summed E-state index contributed by atoms with van der Waals surface area (Å²) in [6, 6.07) is 7.60. The van der Waals surface area contributed by atoms with Gasteiger partial charge in [-0.2, -0.15) is 0 Å². The molecular formula is C14H22N2O3. The first kappa shape index (κ1) is 15.1. The molecular weight excluding hydrogens is 244 g/mol. The minimum atomic E-state index is -0.478. The van der Waals surface area contributed by atoms with Crippen LogP contribution in [-0.2, 0) is 4.74 Å². The van der Waals surface area contributed by atoms with Gasteiger partial charge in [-0.1, -0.05) is 0 Å². The molecule has 0 saturated heterocycles. The van der Waals surface area contributed by atoms with Crippen molar-refractivity contribution in [3.63, 3.8) is 0 Å². The van der Waals surface area contributed by atoms with Crippen molar-refractivity contribution in [2.45, 2.75) is 26.4 Å². The Balaban J connectivity index is 2.21. The maximum Gasteiger partial charge on any atom is 0.407 e. The van der Waals surface area contributed by atoms with Crippen LogP contribution < -0.4 is 15.4 Å². The second kappa shape index (κ2) is 6.87. The number of carbonyl (C=O) groups is 1. The molecule has 0 bridgehead atoms. The molecule has 0 aromatic heterocycles. The summed E-state index contributed by atoms with van der Waals surface area (Å²) in [6.07, 6.45) is -0.429. The van der Waals surface area contributed by atoms with Gasteiger partial charge in [0.25, 0.3) is 0 Å². The molecule has 1 amide bonds. The van der Waals surface area contributed by atoms with Gasteiger partial charge in [-0.25, -0.2) is 4.79 Å². The van der Waals surface area contributed by atoms with E-state index in [1.165, 1.54) is 0 Å². The highest BCUT2D eigenvalue weighted by atomic mass is 16.6. The first-order valence-electron chi connectivity index (χ1n) is 6.28. The molecule has 1 aromatic carbocycles. The summed E-state index contributed by atoms with van der Waals surface area (Å²) < 4.78 is 10.6. The number of rotatable bonds is 5. The van der Waals surface area contributed by atoms with Crippen molar-refractivity contribution >= 4 is 11.8 Å². The van der Waals surface area contributed by atoms with Gasteiger partial charge in [0, 0.05) is 12.7 Å².